The molecule has 96 valence electrons. The molecule has 1 rings (SSSR count). The molecule has 0 radical (unpaired) electrons. The monoisotopic (exact) mass is 239 g/mol. The van der Waals surface area contributed by atoms with Crippen LogP contribution in [-0.2, 0) is 6.42 Å². The van der Waals surface area contributed by atoms with Gasteiger partial charge in [-0.3, -0.25) is 0 Å². The number of hydrogen-bond donors (Lipinski definition) is 1. The third-order valence-electron chi connectivity index (χ3n) is 2.54. The van der Waals surface area contributed by atoms with Crippen molar-refractivity contribution < 1.29 is 9.13 Å². The number of aryl methyl sites for hydroxylation is 1. The van der Waals surface area contributed by atoms with Crippen LogP contribution in [0.25, 0.3) is 0 Å². The second kappa shape index (κ2) is 6.01. The van der Waals surface area contributed by atoms with Crippen molar-refractivity contribution in [3.05, 3.63) is 29.6 Å². The smallest absolute Gasteiger partial charge is 0.130 e. The molecule has 1 N–H and O–H groups in total. The molecular formula is C14H22FNO. The largest absolute Gasteiger partial charge is 0.497 e. The first-order valence-corrected chi connectivity index (χ1v) is 6.00. The van der Waals surface area contributed by atoms with Crippen molar-refractivity contribution in [1.82, 2.24) is 5.32 Å². The number of methoxy groups -OCH3 is 1. The first-order chi connectivity index (χ1) is 7.92. The minimum Gasteiger partial charge on any atom is -0.497 e. The van der Waals surface area contributed by atoms with E-state index < -0.39 is 0 Å². The summed E-state index contributed by atoms with van der Waals surface area (Å²) in [5.41, 5.74) is 0.875. The van der Waals surface area contributed by atoms with E-state index in [1.807, 2.05) is 0 Å². The van der Waals surface area contributed by atoms with Gasteiger partial charge in [-0.05, 0) is 51.8 Å². The molecule has 0 aliphatic carbocycles. The van der Waals surface area contributed by atoms with Gasteiger partial charge in [-0.25, -0.2) is 4.39 Å². The Kier molecular flexibility index (Phi) is 4.94. The van der Waals surface area contributed by atoms with E-state index in [-0.39, 0.29) is 11.4 Å². The van der Waals surface area contributed by atoms with Gasteiger partial charge in [-0.2, -0.15) is 0 Å². The van der Waals surface area contributed by atoms with Gasteiger partial charge in [0, 0.05) is 11.6 Å². The van der Waals surface area contributed by atoms with Gasteiger partial charge in [0.15, 0.2) is 0 Å². The summed E-state index contributed by atoms with van der Waals surface area (Å²) in [4.78, 5) is 0. The van der Waals surface area contributed by atoms with Gasteiger partial charge in [-0.1, -0.05) is 6.07 Å². The van der Waals surface area contributed by atoms with Crippen LogP contribution < -0.4 is 10.1 Å². The Morgan fingerprint density at radius 1 is 1.29 bits per heavy atom. The molecule has 0 aliphatic rings. The van der Waals surface area contributed by atoms with Crippen molar-refractivity contribution in [3.8, 4) is 5.75 Å². The normalized spacial score (nSPS) is 11.6. The first-order valence-electron chi connectivity index (χ1n) is 6.00. The second-order valence-corrected chi connectivity index (χ2v) is 5.24. The van der Waals surface area contributed by atoms with E-state index in [9.17, 15) is 4.39 Å². The fraction of sp³-hybridized carbons (Fsp3) is 0.571. The SMILES string of the molecule is COc1ccc(CCCNC(C)(C)C)c(F)c1. The molecule has 0 bridgehead atoms. The van der Waals surface area contributed by atoms with Gasteiger partial charge in [-0.15, -0.1) is 0 Å². The average Bonchev–Trinajstić information content (AvgIpc) is 2.24. The summed E-state index contributed by atoms with van der Waals surface area (Å²) in [6.45, 7) is 7.28. The van der Waals surface area contributed by atoms with Crippen molar-refractivity contribution in [3.63, 3.8) is 0 Å². The fourth-order valence-electron chi connectivity index (χ4n) is 1.60. The molecule has 17 heavy (non-hydrogen) atoms. The summed E-state index contributed by atoms with van der Waals surface area (Å²) in [5.74, 6) is 0.388. The van der Waals surface area contributed by atoms with Gasteiger partial charge in [0.2, 0.25) is 0 Å². The molecule has 0 unspecified atom stereocenters. The van der Waals surface area contributed by atoms with Crippen LogP contribution in [0.2, 0.25) is 0 Å². The van der Waals surface area contributed by atoms with E-state index in [0.29, 0.717) is 5.75 Å². The Morgan fingerprint density at radius 2 is 2.00 bits per heavy atom. The van der Waals surface area contributed by atoms with Crippen LogP contribution in [0.4, 0.5) is 4.39 Å². The third-order valence-corrected chi connectivity index (χ3v) is 2.54. The van der Waals surface area contributed by atoms with Crippen LogP contribution in [0.1, 0.15) is 32.8 Å². The highest BCUT2D eigenvalue weighted by atomic mass is 19.1. The molecule has 0 spiro atoms. The highest BCUT2D eigenvalue weighted by molar-refractivity contribution is 5.28. The zero-order chi connectivity index (χ0) is 12.9. The number of nitrogens with one attached hydrogen (secondary N) is 1. The summed E-state index contributed by atoms with van der Waals surface area (Å²) in [6, 6.07) is 5.04. The minimum absolute atomic E-state index is 0.123. The summed E-state index contributed by atoms with van der Waals surface area (Å²) in [7, 11) is 1.54. The molecule has 0 aliphatic heterocycles. The van der Waals surface area contributed by atoms with E-state index in [1.54, 1.807) is 19.2 Å². The predicted octanol–water partition coefficient (Wildman–Crippen LogP) is 3.16. The van der Waals surface area contributed by atoms with Crippen molar-refractivity contribution in [1.29, 1.82) is 0 Å². The fourth-order valence-corrected chi connectivity index (χ4v) is 1.60. The van der Waals surface area contributed by atoms with Crippen LogP contribution in [-0.4, -0.2) is 19.2 Å². The Balaban J connectivity index is 2.42. The second-order valence-electron chi connectivity index (χ2n) is 5.24. The highest BCUT2D eigenvalue weighted by Crippen LogP contribution is 2.17. The standard InChI is InChI=1S/C14H22FNO/c1-14(2,3)16-9-5-6-11-7-8-12(17-4)10-13(11)15/h7-8,10,16H,5-6,9H2,1-4H3. The number of halogens is 1. The van der Waals surface area contributed by atoms with Crippen LogP contribution in [0.5, 0.6) is 5.75 Å². The average molecular weight is 239 g/mol. The summed E-state index contributed by atoms with van der Waals surface area (Å²) in [6.07, 6.45) is 1.68. The predicted molar refractivity (Wildman–Crippen MR) is 69.0 cm³/mol. The van der Waals surface area contributed by atoms with Gasteiger partial charge < -0.3 is 10.1 Å². The number of rotatable bonds is 5. The molecule has 0 atom stereocenters. The maximum absolute atomic E-state index is 13.6. The Morgan fingerprint density at radius 3 is 2.53 bits per heavy atom. The van der Waals surface area contributed by atoms with Crippen LogP contribution in [0, 0.1) is 5.82 Å². The lowest BCUT2D eigenvalue weighted by Gasteiger charge is -2.20. The van der Waals surface area contributed by atoms with Crippen LogP contribution >= 0.6 is 0 Å². The van der Waals surface area contributed by atoms with Crippen molar-refractivity contribution in [2.24, 2.45) is 0 Å². The Hall–Kier alpha value is -1.09. The maximum Gasteiger partial charge on any atom is 0.130 e. The lowest BCUT2D eigenvalue weighted by molar-refractivity contribution is 0.409. The van der Waals surface area contributed by atoms with Crippen molar-refractivity contribution >= 4 is 0 Å². The zero-order valence-electron chi connectivity index (χ0n) is 11.1. The molecule has 2 nitrogen and oxygen atoms in total. The van der Waals surface area contributed by atoms with E-state index in [1.165, 1.54) is 6.07 Å². The molecule has 1 aromatic rings. The van der Waals surface area contributed by atoms with E-state index in [4.69, 9.17) is 4.74 Å². The number of hydrogen-bond acceptors (Lipinski definition) is 2. The first kappa shape index (κ1) is 14.0. The molecule has 0 aromatic heterocycles. The minimum atomic E-state index is -0.180. The number of benzene rings is 1. The van der Waals surface area contributed by atoms with Gasteiger partial charge in [0.1, 0.15) is 11.6 Å². The summed E-state index contributed by atoms with van der Waals surface area (Å²) >= 11 is 0. The lowest BCUT2D eigenvalue weighted by Crippen LogP contribution is -2.36. The van der Waals surface area contributed by atoms with Crippen molar-refractivity contribution in [2.75, 3.05) is 13.7 Å². The Bertz CT molecular complexity index is 358. The van der Waals surface area contributed by atoms with E-state index >= 15 is 0 Å². The highest BCUT2D eigenvalue weighted by Gasteiger charge is 2.08. The lowest BCUT2D eigenvalue weighted by atomic mass is 10.1. The quantitative estimate of drug-likeness (QED) is 0.797. The maximum atomic E-state index is 13.6. The molecule has 0 amide bonds. The molecule has 3 heteroatoms. The summed E-state index contributed by atoms with van der Waals surface area (Å²) < 4.78 is 18.6. The van der Waals surface area contributed by atoms with E-state index in [0.717, 1.165) is 24.9 Å². The molecule has 0 saturated carbocycles. The molecule has 0 fully saturated rings. The van der Waals surface area contributed by atoms with Gasteiger partial charge in [0.05, 0.1) is 7.11 Å². The molecule has 0 heterocycles. The summed E-state index contributed by atoms with van der Waals surface area (Å²) in [5, 5.41) is 3.39. The third kappa shape index (κ3) is 5.18. The zero-order valence-corrected chi connectivity index (χ0v) is 11.1. The molecule has 1 aromatic carbocycles. The van der Waals surface area contributed by atoms with Gasteiger partial charge >= 0.3 is 0 Å². The molecular weight excluding hydrogens is 217 g/mol. The molecule has 0 saturated heterocycles. The number of ether oxygens (including phenoxy) is 1. The topological polar surface area (TPSA) is 21.3 Å². The Labute approximate surface area is 103 Å². The van der Waals surface area contributed by atoms with E-state index in [2.05, 4.69) is 26.1 Å². The van der Waals surface area contributed by atoms with Crippen LogP contribution in [0.3, 0.4) is 0 Å². The van der Waals surface area contributed by atoms with Gasteiger partial charge in [0.25, 0.3) is 0 Å². The van der Waals surface area contributed by atoms with Crippen molar-refractivity contribution in [2.45, 2.75) is 39.2 Å². The van der Waals surface area contributed by atoms with Crippen LogP contribution in [0.15, 0.2) is 18.2 Å².